The molecular formula is C8H15N. The van der Waals surface area contributed by atoms with Crippen molar-refractivity contribution in [2.24, 2.45) is 16.3 Å². The summed E-state index contributed by atoms with van der Waals surface area (Å²) in [4.78, 5) is 4.21. The third kappa shape index (κ3) is 1.54. The smallest absolute Gasteiger partial charge is 0.0391 e. The molecule has 9 heavy (non-hydrogen) atoms. The second-order valence-corrected chi connectivity index (χ2v) is 3.82. The molecule has 1 atom stereocenters. The minimum atomic E-state index is 0.431. The molecule has 1 unspecified atom stereocenters. The van der Waals surface area contributed by atoms with Gasteiger partial charge in [-0.15, -0.1) is 0 Å². The van der Waals surface area contributed by atoms with E-state index < -0.39 is 0 Å². The van der Waals surface area contributed by atoms with Gasteiger partial charge in [-0.05, 0) is 11.8 Å². The van der Waals surface area contributed by atoms with E-state index in [-0.39, 0.29) is 0 Å². The van der Waals surface area contributed by atoms with Crippen LogP contribution in [0.1, 0.15) is 27.2 Å². The number of hydrogen-bond donors (Lipinski definition) is 0. The maximum Gasteiger partial charge on any atom is 0.0391 e. The average molecular weight is 125 g/mol. The van der Waals surface area contributed by atoms with E-state index in [4.69, 9.17) is 0 Å². The standard InChI is InChI=1S/C8H15N/c1-8(2,3)7-4-5-9-6-7/h6-7H,4-5H2,1-3H3. The van der Waals surface area contributed by atoms with Crippen molar-refractivity contribution >= 4 is 6.21 Å². The van der Waals surface area contributed by atoms with Gasteiger partial charge < -0.3 is 0 Å². The van der Waals surface area contributed by atoms with Gasteiger partial charge in [0.15, 0.2) is 0 Å². The summed E-state index contributed by atoms with van der Waals surface area (Å²) < 4.78 is 0. The fourth-order valence-electron chi connectivity index (χ4n) is 1.15. The predicted molar refractivity (Wildman–Crippen MR) is 40.9 cm³/mol. The van der Waals surface area contributed by atoms with E-state index in [1.807, 2.05) is 0 Å². The zero-order chi connectivity index (χ0) is 6.91. The summed E-state index contributed by atoms with van der Waals surface area (Å²) in [6.45, 7) is 7.86. The second-order valence-electron chi connectivity index (χ2n) is 3.82. The molecule has 0 amide bonds. The second kappa shape index (κ2) is 2.13. The number of rotatable bonds is 0. The Morgan fingerprint density at radius 2 is 2.11 bits per heavy atom. The average Bonchev–Trinajstić information content (AvgIpc) is 2.08. The molecule has 0 saturated heterocycles. The van der Waals surface area contributed by atoms with Crippen molar-refractivity contribution < 1.29 is 0 Å². The van der Waals surface area contributed by atoms with Crippen LogP contribution in [0.3, 0.4) is 0 Å². The van der Waals surface area contributed by atoms with Gasteiger partial charge in [-0.25, -0.2) is 0 Å². The molecule has 0 bridgehead atoms. The van der Waals surface area contributed by atoms with Gasteiger partial charge in [-0.3, -0.25) is 4.99 Å². The minimum Gasteiger partial charge on any atom is -0.297 e. The van der Waals surface area contributed by atoms with Crippen LogP contribution >= 0.6 is 0 Å². The molecule has 1 heterocycles. The zero-order valence-electron chi connectivity index (χ0n) is 6.52. The first-order chi connectivity index (χ1) is 4.11. The first kappa shape index (κ1) is 6.79. The number of hydrogen-bond acceptors (Lipinski definition) is 1. The Balaban J connectivity index is 2.53. The number of aliphatic imine (C=N–C) groups is 1. The van der Waals surface area contributed by atoms with Crippen molar-refractivity contribution in [1.29, 1.82) is 0 Å². The van der Waals surface area contributed by atoms with E-state index >= 15 is 0 Å². The summed E-state index contributed by atoms with van der Waals surface area (Å²) in [5.41, 5.74) is 0.431. The Hall–Kier alpha value is -0.330. The maximum absolute atomic E-state index is 4.21. The molecule has 0 N–H and O–H groups in total. The largest absolute Gasteiger partial charge is 0.297 e. The van der Waals surface area contributed by atoms with Gasteiger partial charge in [-0.2, -0.15) is 0 Å². The SMILES string of the molecule is CC(C)(C)C1C=NCC1. The molecule has 52 valence electrons. The highest BCUT2D eigenvalue weighted by Crippen LogP contribution is 2.29. The van der Waals surface area contributed by atoms with Crippen LogP contribution < -0.4 is 0 Å². The Kier molecular flexibility index (Phi) is 1.60. The Morgan fingerprint density at radius 1 is 1.44 bits per heavy atom. The lowest BCUT2D eigenvalue weighted by molar-refractivity contribution is 0.316. The van der Waals surface area contributed by atoms with Crippen LogP contribution in [0.2, 0.25) is 0 Å². The molecule has 1 aliphatic rings. The van der Waals surface area contributed by atoms with Crippen LogP contribution in [0.25, 0.3) is 0 Å². The van der Waals surface area contributed by atoms with Crippen molar-refractivity contribution in [3.05, 3.63) is 0 Å². The quantitative estimate of drug-likeness (QED) is 0.470. The van der Waals surface area contributed by atoms with Crippen LogP contribution in [0.15, 0.2) is 4.99 Å². The zero-order valence-corrected chi connectivity index (χ0v) is 6.52. The van der Waals surface area contributed by atoms with Crippen molar-refractivity contribution in [3.8, 4) is 0 Å². The third-order valence-electron chi connectivity index (χ3n) is 1.97. The molecule has 0 aromatic rings. The van der Waals surface area contributed by atoms with Gasteiger partial charge in [0, 0.05) is 18.7 Å². The lowest BCUT2D eigenvalue weighted by Crippen LogP contribution is -2.19. The van der Waals surface area contributed by atoms with Crippen LogP contribution in [0.5, 0.6) is 0 Å². The normalized spacial score (nSPS) is 27.2. The first-order valence-electron chi connectivity index (χ1n) is 3.60. The van der Waals surface area contributed by atoms with E-state index in [9.17, 15) is 0 Å². The maximum atomic E-state index is 4.21. The predicted octanol–water partition coefficient (Wildman–Crippen LogP) is 2.12. The van der Waals surface area contributed by atoms with E-state index in [0.29, 0.717) is 5.41 Å². The van der Waals surface area contributed by atoms with Crippen molar-refractivity contribution in [2.75, 3.05) is 6.54 Å². The lowest BCUT2D eigenvalue weighted by Gasteiger charge is -2.23. The number of nitrogens with zero attached hydrogens (tertiary/aromatic N) is 1. The van der Waals surface area contributed by atoms with E-state index in [0.717, 1.165) is 12.5 Å². The summed E-state index contributed by atoms with van der Waals surface area (Å²) in [6, 6.07) is 0. The monoisotopic (exact) mass is 125 g/mol. The molecule has 0 saturated carbocycles. The van der Waals surface area contributed by atoms with Crippen LogP contribution in [-0.2, 0) is 0 Å². The molecule has 0 radical (unpaired) electrons. The molecule has 1 nitrogen and oxygen atoms in total. The van der Waals surface area contributed by atoms with Crippen LogP contribution in [0, 0.1) is 11.3 Å². The molecular weight excluding hydrogens is 110 g/mol. The summed E-state index contributed by atoms with van der Waals surface area (Å²) in [6.07, 6.45) is 3.36. The lowest BCUT2D eigenvalue weighted by atomic mass is 9.81. The molecule has 0 aliphatic carbocycles. The topological polar surface area (TPSA) is 12.4 Å². The highest BCUT2D eigenvalue weighted by Gasteiger charge is 2.24. The fourth-order valence-corrected chi connectivity index (χ4v) is 1.15. The summed E-state index contributed by atoms with van der Waals surface area (Å²) >= 11 is 0. The Morgan fingerprint density at radius 3 is 2.33 bits per heavy atom. The van der Waals surface area contributed by atoms with Gasteiger partial charge >= 0.3 is 0 Å². The minimum absolute atomic E-state index is 0.431. The van der Waals surface area contributed by atoms with Gasteiger partial charge in [0.1, 0.15) is 0 Å². The molecule has 0 aromatic heterocycles. The summed E-state index contributed by atoms with van der Waals surface area (Å²) in [5, 5.41) is 0. The molecule has 1 aliphatic heterocycles. The van der Waals surface area contributed by atoms with Crippen LogP contribution in [0.4, 0.5) is 0 Å². The highest BCUT2D eigenvalue weighted by atomic mass is 14.7. The van der Waals surface area contributed by atoms with E-state index in [1.54, 1.807) is 0 Å². The van der Waals surface area contributed by atoms with Gasteiger partial charge in [0.05, 0.1) is 0 Å². The Bertz CT molecular complexity index is 119. The van der Waals surface area contributed by atoms with Crippen molar-refractivity contribution in [2.45, 2.75) is 27.2 Å². The fraction of sp³-hybridized carbons (Fsp3) is 0.875. The summed E-state index contributed by atoms with van der Waals surface area (Å²) in [5.74, 6) is 0.720. The molecule has 1 heteroatoms. The van der Waals surface area contributed by atoms with Crippen molar-refractivity contribution in [3.63, 3.8) is 0 Å². The van der Waals surface area contributed by atoms with E-state index in [1.165, 1.54) is 6.42 Å². The van der Waals surface area contributed by atoms with E-state index in [2.05, 4.69) is 32.0 Å². The van der Waals surface area contributed by atoms with Crippen molar-refractivity contribution in [1.82, 2.24) is 0 Å². The van der Waals surface area contributed by atoms with Gasteiger partial charge in [0.2, 0.25) is 0 Å². The molecule has 1 rings (SSSR count). The van der Waals surface area contributed by atoms with Gasteiger partial charge in [0.25, 0.3) is 0 Å². The highest BCUT2D eigenvalue weighted by molar-refractivity contribution is 5.63. The molecule has 0 spiro atoms. The third-order valence-corrected chi connectivity index (χ3v) is 1.97. The Labute approximate surface area is 57.2 Å². The summed E-state index contributed by atoms with van der Waals surface area (Å²) in [7, 11) is 0. The first-order valence-corrected chi connectivity index (χ1v) is 3.60. The molecule has 0 aromatic carbocycles. The van der Waals surface area contributed by atoms with Gasteiger partial charge in [-0.1, -0.05) is 20.8 Å². The van der Waals surface area contributed by atoms with Crippen LogP contribution in [-0.4, -0.2) is 12.8 Å². The molecule has 0 fully saturated rings.